The first-order valence-electron chi connectivity index (χ1n) is 9.02. The number of carbonyl (C=O) groups is 3. The molecule has 0 radical (unpaired) electrons. The second kappa shape index (κ2) is 8.91. The van der Waals surface area contributed by atoms with Crippen molar-refractivity contribution in [2.24, 2.45) is 5.92 Å². The van der Waals surface area contributed by atoms with Crippen LogP contribution >= 0.6 is 11.6 Å². The Balaban J connectivity index is 1.57. The zero-order valence-corrected chi connectivity index (χ0v) is 16.7. The summed E-state index contributed by atoms with van der Waals surface area (Å²) in [7, 11) is 0. The van der Waals surface area contributed by atoms with Gasteiger partial charge in [-0.25, -0.2) is 0 Å². The molecule has 1 saturated heterocycles. The van der Waals surface area contributed by atoms with Crippen LogP contribution in [0.2, 0.25) is 5.02 Å². The van der Waals surface area contributed by atoms with Crippen molar-refractivity contribution in [2.45, 2.75) is 13.3 Å². The van der Waals surface area contributed by atoms with Crippen LogP contribution in [0, 0.1) is 23.0 Å². The van der Waals surface area contributed by atoms with Gasteiger partial charge in [0.25, 0.3) is 11.6 Å². The highest BCUT2D eigenvalue weighted by Gasteiger charge is 2.36. The summed E-state index contributed by atoms with van der Waals surface area (Å²) in [5.41, 5.74) is 1.38. The molecule has 0 unspecified atom stereocenters. The number of amides is 2. The predicted molar refractivity (Wildman–Crippen MR) is 109 cm³/mol. The molecular formula is C20H18ClN3O6. The van der Waals surface area contributed by atoms with Crippen LogP contribution in [0.3, 0.4) is 0 Å². The summed E-state index contributed by atoms with van der Waals surface area (Å²) in [6.45, 7) is 1.26. The topological polar surface area (TPSA) is 119 Å². The van der Waals surface area contributed by atoms with Gasteiger partial charge in [0, 0.05) is 35.8 Å². The van der Waals surface area contributed by atoms with Gasteiger partial charge in [0.15, 0.2) is 6.61 Å². The van der Waals surface area contributed by atoms with Gasteiger partial charge in [0.1, 0.15) is 0 Å². The number of anilines is 2. The van der Waals surface area contributed by atoms with Crippen molar-refractivity contribution in [3.8, 4) is 0 Å². The summed E-state index contributed by atoms with van der Waals surface area (Å²) in [6, 6.07) is 10.7. The number of hydrogen-bond acceptors (Lipinski definition) is 6. The molecule has 1 aliphatic heterocycles. The molecule has 9 nitrogen and oxygen atoms in total. The Bertz CT molecular complexity index is 1030. The molecule has 156 valence electrons. The third-order valence-corrected chi connectivity index (χ3v) is 5.11. The summed E-state index contributed by atoms with van der Waals surface area (Å²) in [5, 5.41) is 14.0. The smallest absolute Gasteiger partial charge is 0.311 e. The van der Waals surface area contributed by atoms with E-state index in [0.717, 1.165) is 0 Å². The number of rotatable bonds is 6. The lowest BCUT2D eigenvalue weighted by atomic mass is 10.1. The molecule has 10 heteroatoms. The van der Waals surface area contributed by atoms with Crippen molar-refractivity contribution in [1.29, 1.82) is 0 Å². The average molecular weight is 432 g/mol. The Kier molecular flexibility index (Phi) is 6.31. The van der Waals surface area contributed by atoms with Gasteiger partial charge in [-0.05, 0) is 30.7 Å². The van der Waals surface area contributed by atoms with E-state index in [1.54, 1.807) is 31.2 Å². The van der Waals surface area contributed by atoms with E-state index in [1.165, 1.54) is 23.1 Å². The van der Waals surface area contributed by atoms with Crippen LogP contribution in [0.1, 0.15) is 12.0 Å². The van der Waals surface area contributed by atoms with E-state index in [0.29, 0.717) is 22.0 Å². The maximum absolute atomic E-state index is 12.3. The average Bonchev–Trinajstić information content (AvgIpc) is 3.11. The number of nitrogens with one attached hydrogen (secondary N) is 1. The molecule has 0 aliphatic carbocycles. The Morgan fingerprint density at radius 3 is 2.77 bits per heavy atom. The first kappa shape index (κ1) is 21.3. The number of nitrogens with zero attached hydrogens (tertiary/aromatic N) is 2. The van der Waals surface area contributed by atoms with Crippen molar-refractivity contribution in [3.63, 3.8) is 0 Å². The molecule has 0 saturated carbocycles. The van der Waals surface area contributed by atoms with E-state index in [2.05, 4.69) is 5.32 Å². The predicted octanol–water partition coefficient (Wildman–Crippen LogP) is 3.09. The molecule has 1 aliphatic rings. The monoisotopic (exact) mass is 431 g/mol. The molecular weight excluding hydrogens is 414 g/mol. The zero-order chi connectivity index (χ0) is 21.8. The lowest BCUT2D eigenvalue weighted by molar-refractivity contribution is -0.384. The maximum atomic E-state index is 12.3. The van der Waals surface area contributed by atoms with Crippen LogP contribution in [-0.2, 0) is 19.1 Å². The van der Waals surface area contributed by atoms with Crippen molar-refractivity contribution < 1.29 is 24.0 Å². The fourth-order valence-electron chi connectivity index (χ4n) is 3.07. The number of ether oxygens (including phenoxy) is 1. The summed E-state index contributed by atoms with van der Waals surface area (Å²) in [5.74, 6) is -2.34. The van der Waals surface area contributed by atoms with Gasteiger partial charge in [0.2, 0.25) is 5.91 Å². The molecule has 1 fully saturated rings. The minimum atomic E-state index is -0.766. The van der Waals surface area contributed by atoms with Crippen molar-refractivity contribution in [2.75, 3.05) is 23.4 Å². The van der Waals surface area contributed by atoms with Gasteiger partial charge in [0.05, 0.1) is 16.5 Å². The molecule has 2 aromatic rings. The summed E-state index contributed by atoms with van der Waals surface area (Å²) in [6.07, 6.45) is -0.101. The number of nitro benzene ring substituents is 1. The molecule has 1 atom stereocenters. The molecule has 0 aromatic heterocycles. The highest BCUT2D eigenvalue weighted by molar-refractivity contribution is 6.31. The largest absolute Gasteiger partial charge is 0.455 e. The van der Waals surface area contributed by atoms with E-state index in [1.807, 2.05) is 0 Å². The fraction of sp³-hybridized carbons (Fsp3) is 0.250. The molecule has 3 rings (SSSR count). The molecule has 0 spiro atoms. The van der Waals surface area contributed by atoms with E-state index in [-0.39, 0.29) is 24.6 Å². The highest BCUT2D eigenvalue weighted by atomic mass is 35.5. The first-order valence-corrected chi connectivity index (χ1v) is 9.40. The van der Waals surface area contributed by atoms with E-state index in [9.17, 15) is 24.5 Å². The Morgan fingerprint density at radius 1 is 1.30 bits per heavy atom. The van der Waals surface area contributed by atoms with Crippen LogP contribution < -0.4 is 10.2 Å². The fourth-order valence-corrected chi connectivity index (χ4v) is 3.25. The van der Waals surface area contributed by atoms with E-state index >= 15 is 0 Å². The van der Waals surface area contributed by atoms with Gasteiger partial charge < -0.3 is 15.0 Å². The summed E-state index contributed by atoms with van der Waals surface area (Å²) in [4.78, 5) is 48.3. The maximum Gasteiger partial charge on any atom is 0.311 e. The first-order chi connectivity index (χ1) is 14.3. The quantitative estimate of drug-likeness (QED) is 0.426. The minimum Gasteiger partial charge on any atom is -0.455 e. The Labute approximate surface area is 176 Å². The van der Waals surface area contributed by atoms with Gasteiger partial charge in [-0.3, -0.25) is 24.5 Å². The Hall–Kier alpha value is -3.46. The van der Waals surface area contributed by atoms with Gasteiger partial charge in [-0.1, -0.05) is 23.7 Å². The van der Waals surface area contributed by atoms with Crippen molar-refractivity contribution >= 4 is 46.4 Å². The number of nitro groups is 1. The lowest BCUT2D eigenvalue weighted by Crippen LogP contribution is -2.28. The molecule has 30 heavy (non-hydrogen) atoms. The number of hydrogen-bond donors (Lipinski definition) is 1. The highest BCUT2D eigenvalue weighted by Crippen LogP contribution is 2.28. The van der Waals surface area contributed by atoms with Crippen molar-refractivity contribution in [1.82, 2.24) is 0 Å². The lowest BCUT2D eigenvalue weighted by Gasteiger charge is -2.16. The van der Waals surface area contributed by atoms with Crippen LogP contribution in [0.5, 0.6) is 0 Å². The number of carbonyl (C=O) groups excluding carboxylic acids is 3. The van der Waals surface area contributed by atoms with Crippen LogP contribution in [0.15, 0.2) is 42.5 Å². The number of halogens is 1. The summed E-state index contributed by atoms with van der Waals surface area (Å²) >= 11 is 6.01. The van der Waals surface area contributed by atoms with Crippen LogP contribution in [0.25, 0.3) is 0 Å². The van der Waals surface area contributed by atoms with Gasteiger partial charge in [-0.2, -0.15) is 0 Å². The second-order valence-corrected chi connectivity index (χ2v) is 7.16. The van der Waals surface area contributed by atoms with E-state index in [4.69, 9.17) is 16.3 Å². The third kappa shape index (κ3) is 4.74. The molecule has 1 heterocycles. The Morgan fingerprint density at radius 2 is 2.03 bits per heavy atom. The number of non-ortho nitro benzene ring substituents is 1. The standard InChI is InChI=1S/C20H18ClN3O6/c1-12-16(21)6-3-7-17(12)22-18(25)11-30-20(27)13-8-19(26)23(10-13)14-4-2-5-15(9-14)24(28)29/h2-7,9,13H,8,10-11H2,1H3,(H,22,25)/t13-/m1/s1. The summed E-state index contributed by atoms with van der Waals surface area (Å²) < 4.78 is 5.05. The number of esters is 1. The normalized spacial score (nSPS) is 15.7. The number of benzene rings is 2. The van der Waals surface area contributed by atoms with E-state index < -0.39 is 29.3 Å². The molecule has 2 amide bonds. The zero-order valence-electron chi connectivity index (χ0n) is 16.0. The molecule has 2 aromatic carbocycles. The van der Waals surface area contributed by atoms with Crippen LogP contribution in [0.4, 0.5) is 17.1 Å². The minimum absolute atomic E-state index is 0.0217. The van der Waals surface area contributed by atoms with Crippen LogP contribution in [-0.4, -0.2) is 35.9 Å². The third-order valence-electron chi connectivity index (χ3n) is 4.70. The molecule has 1 N–H and O–H groups in total. The SMILES string of the molecule is Cc1c(Cl)cccc1NC(=O)COC(=O)[C@@H]1CC(=O)N(c2cccc([N+](=O)[O-])c2)C1. The van der Waals surface area contributed by atoms with Gasteiger partial charge >= 0.3 is 5.97 Å². The molecule has 0 bridgehead atoms. The van der Waals surface area contributed by atoms with Gasteiger partial charge in [-0.15, -0.1) is 0 Å². The second-order valence-electron chi connectivity index (χ2n) is 6.75. The van der Waals surface area contributed by atoms with Crippen molar-refractivity contribution in [3.05, 3.63) is 63.2 Å².